The van der Waals surface area contributed by atoms with Crippen LogP contribution in [-0.2, 0) is 0 Å². The molecule has 0 saturated heterocycles. The van der Waals surface area contributed by atoms with E-state index in [0.29, 0.717) is 0 Å². The largest absolute Gasteiger partial charge is 0.309 e. The Kier molecular flexibility index (Phi) is 5.80. The molecule has 1 rings (SSSR count). The number of thiol groups is 1. The zero-order chi connectivity index (χ0) is 12.0. The van der Waals surface area contributed by atoms with E-state index in [0.717, 1.165) is 25.1 Å². The van der Waals surface area contributed by atoms with Crippen molar-refractivity contribution in [1.29, 1.82) is 0 Å². The van der Waals surface area contributed by atoms with Gasteiger partial charge in [0.25, 0.3) is 0 Å². The molecule has 1 atom stereocenters. The molecule has 0 radical (unpaired) electrons. The Morgan fingerprint density at radius 2 is 2.19 bits per heavy atom. The highest BCUT2D eigenvalue weighted by Gasteiger charge is 2.10. The average Bonchev–Trinajstić information content (AvgIpc) is 2.26. The third-order valence-corrected chi connectivity index (χ3v) is 2.86. The first-order valence-corrected chi connectivity index (χ1v) is 6.05. The number of nitrogens with one attached hydrogen (secondary N) is 1. The predicted octanol–water partition coefficient (Wildman–Crippen LogP) is 2.21. The molecule has 16 heavy (non-hydrogen) atoms. The molecule has 0 aliphatic rings. The van der Waals surface area contributed by atoms with E-state index >= 15 is 0 Å². The van der Waals surface area contributed by atoms with Crippen molar-refractivity contribution >= 4 is 12.8 Å². The summed E-state index contributed by atoms with van der Waals surface area (Å²) in [5.41, 5.74) is 2.26. The highest BCUT2D eigenvalue weighted by Crippen LogP contribution is 2.17. The van der Waals surface area contributed by atoms with Gasteiger partial charge < -0.3 is 4.90 Å². The topological polar surface area (TPSA) is 28.2 Å². The van der Waals surface area contributed by atoms with E-state index in [1.807, 2.05) is 13.1 Å². The Morgan fingerprint density at radius 3 is 2.69 bits per heavy atom. The lowest BCUT2D eigenvalue weighted by Crippen LogP contribution is -2.17. The number of aromatic nitrogens is 1. The van der Waals surface area contributed by atoms with Crippen LogP contribution in [0.5, 0.6) is 0 Å². The Morgan fingerprint density at radius 1 is 1.44 bits per heavy atom. The van der Waals surface area contributed by atoms with Crippen LogP contribution in [0.2, 0.25) is 0 Å². The summed E-state index contributed by atoms with van der Waals surface area (Å²) in [6.07, 6.45) is 4.10. The molecule has 0 aliphatic carbocycles. The molecule has 3 nitrogen and oxygen atoms in total. The zero-order valence-electron chi connectivity index (χ0n) is 10.3. The summed E-state index contributed by atoms with van der Waals surface area (Å²) in [6.45, 7) is 3.14. The van der Waals surface area contributed by atoms with E-state index in [1.54, 1.807) is 0 Å². The summed E-state index contributed by atoms with van der Waals surface area (Å²) in [5.74, 6) is 0. The highest BCUT2D eigenvalue weighted by molar-refractivity contribution is 7.78. The lowest BCUT2D eigenvalue weighted by molar-refractivity contribution is 0.382. The van der Waals surface area contributed by atoms with Gasteiger partial charge in [-0.1, -0.05) is 18.9 Å². The third kappa shape index (κ3) is 4.51. The number of hydrogen-bond acceptors (Lipinski definition) is 4. The average molecular weight is 239 g/mol. The fraction of sp³-hybridized carbons (Fsp3) is 0.583. The molecule has 0 amide bonds. The SMILES string of the molecule is Cc1ccc(C(CCCN(C)C)NS)nc1. The van der Waals surface area contributed by atoms with E-state index < -0.39 is 0 Å². The quantitative estimate of drug-likeness (QED) is 0.746. The fourth-order valence-corrected chi connectivity index (χ4v) is 1.84. The predicted molar refractivity (Wildman–Crippen MR) is 71.6 cm³/mol. The van der Waals surface area contributed by atoms with Gasteiger partial charge in [0.1, 0.15) is 0 Å². The molecular weight excluding hydrogens is 218 g/mol. The van der Waals surface area contributed by atoms with Gasteiger partial charge in [0, 0.05) is 6.20 Å². The van der Waals surface area contributed by atoms with Crippen molar-refractivity contribution in [3.8, 4) is 0 Å². The molecule has 0 aromatic carbocycles. The minimum Gasteiger partial charge on any atom is -0.309 e. The second kappa shape index (κ2) is 6.89. The molecule has 1 aromatic heterocycles. The molecule has 0 spiro atoms. The van der Waals surface area contributed by atoms with Crippen LogP contribution in [0.3, 0.4) is 0 Å². The molecule has 0 aliphatic heterocycles. The Labute approximate surface area is 104 Å². The van der Waals surface area contributed by atoms with Gasteiger partial charge >= 0.3 is 0 Å². The van der Waals surface area contributed by atoms with Gasteiger partial charge in [-0.25, -0.2) is 0 Å². The summed E-state index contributed by atoms with van der Waals surface area (Å²) in [4.78, 5) is 6.61. The zero-order valence-corrected chi connectivity index (χ0v) is 11.2. The third-order valence-electron chi connectivity index (χ3n) is 2.55. The van der Waals surface area contributed by atoms with Crippen molar-refractivity contribution in [1.82, 2.24) is 14.6 Å². The molecule has 1 N–H and O–H groups in total. The van der Waals surface area contributed by atoms with Crippen LogP contribution in [0.4, 0.5) is 0 Å². The summed E-state index contributed by atoms with van der Waals surface area (Å²) in [7, 11) is 4.18. The number of rotatable bonds is 6. The van der Waals surface area contributed by atoms with Gasteiger partial charge in [0.05, 0.1) is 11.7 Å². The monoisotopic (exact) mass is 239 g/mol. The smallest absolute Gasteiger partial charge is 0.0591 e. The van der Waals surface area contributed by atoms with Gasteiger partial charge in [-0.05, 0) is 52.0 Å². The van der Waals surface area contributed by atoms with Crippen molar-refractivity contribution in [3.05, 3.63) is 29.6 Å². The number of pyridine rings is 1. The summed E-state index contributed by atoms with van der Waals surface area (Å²) in [6, 6.07) is 4.40. The van der Waals surface area contributed by atoms with Crippen LogP contribution in [0.1, 0.15) is 30.1 Å². The maximum atomic E-state index is 4.42. The molecule has 1 heterocycles. The lowest BCUT2D eigenvalue weighted by Gasteiger charge is -2.16. The van der Waals surface area contributed by atoms with Crippen molar-refractivity contribution in [2.24, 2.45) is 0 Å². The van der Waals surface area contributed by atoms with Gasteiger partial charge in [0.15, 0.2) is 0 Å². The second-order valence-corrected chi connectivity index (χ2v) is 4.65. The Bertz CT molecular complexity index is 298. The van der Waals surface area contributed by atoms with Gasteiger partial charge in [-0.15, -0.1) is 0 Å². The van der Waals surface area contributed by atoms with E-state index in [-0.39, 0.29) is 6.04 Å². The van der Waals surface area contributed by atoms with Crippen LogP contribution in [0.15, 0.2) is 18.3 Å². The summed E-state index contributed by atoms with van der Waals surface area (Å²) >= 11 is 4.17. The van der Waals surface area contributed by atoms with E-state index in [9.17, 15) is 0 Å². The minimum atomic E-state index is 0.240. The van der Waals surface area contributed by atoms with Crippen molar-refractivity contribution in [2.75, 3.05) is 20.6 Å². The Balaban J connectivity index is 2.50. The van der Waals surface area contributed by atoms with Crippen molar-refractivity contribution < 1.29 is 0 Å². The van der Waals surface area contributed by atoms with E-state index in [2.05, 4.69) is 53.6 Å². The summed E-state index contributed by atoms with van der Waals surface area (Å²) in [5, 5.41) is 0. The lowest BCUT2D eigenvalue weighted by atomic mass is 10.1. The molecule has 90 valence electrons. The molecular formula is C12H21N3S. The van der Waals surface area contributed by atoms with Crippen molar-refractivity contribution in [2.45, 2.75) is 25.8 Å². The second-order valence-electron chi connectivity index (χ2n) is 4.39. The first-order valence-electron chi connectivity index (χ1n) is 5.60. The van der Waals surface area contributed by atoms with E-state index in [1.165, 1.54) is 5.56 Å². The molecule has 1 aromatic rings. The molecule has 0 saturated carbocycles. The van der Waals surface area contributed by atoms with E-state index in [4.69, 9.17) is 0 Å². The highest BCUT2D eigenvalue weighted by atomic mass is 32.1. The van der Waals surface area contributed by atoms with Crippen LogP contribution >= 0.6 is 12.8 Å². The molecule has 0 fully saturated rings. The van der Waals surface area contributed by atoms with Crippen LogP contribution in [-0.4, -0.2) is 30.5 Å². The Hall–Kier alpha value is -0.580. The van der Waals surface area contributed by atoms with Crippen LogP contribution in [0, 0.1) is 6.92 Å². The fourth-order valence-electron chi connectivity index (χ4n) is 1.58. The standard InChI is InChI=1S/C12H21N3S/c1-10-6-7-11(13-9-10)12(14-16)5-4-8-15(2)3/h6-7,9,12,14,16H,4-5,8H2,1-3H3. The number of nitrogens with zero attached hydrogens (tertiary/aromatic N) is 2. The van der Waals surface area contributed by atoms with Gasteiger partial charge in [-0.2, -0.15) is 0 Å². The maximum absolute atomic E-state index is 4.42. The number of aryl methyl sites for hydroxylation is 1. The van der Waals surface area contributed by atoms with Crippen LogP contribution in [0.25, 0.3) is 0 Å². The summed E-state index contributed by atoms with van der Waals surface area (Å²) < 4.78 is 3.02. The normalized spacial score (nSPS) is 13.1. The van der Waals surface area contributed by atoms with Gasteiger partial charge in [-0.3, -0.25) is 9.71 Å². The molecule has 1 unspecified atom stereocenters. The minimum absolute atomic E-state index is 0.240. The molecule has 4 heteroatoms. The maximum Gasteiger partial charge on any atom is 0.0591 e. The van der Waals surface area contributed by atoms with Crippen LogP contribution < -0.4 is 4.72 Å². The number of hydrogen-bond donors (Lipinski definition) is 2. The first-order chi connectivity index (χ1) is 7.63. The van der Waals surface area contributed by atoms with Crippen molar-refractivity contribution in [3.63, 3.8) is 0 Å². The molecule has 0 bridgehead atoms. The first kappa shape index (κ1) is 13.5. The van der Waals surface area contributed by atoms with Gasteiger partial charge in [0.2, 0.25) is 0 Å².